The lowest BCUT2D eigenvalue weighted by atomic mass is 10.1. The predicted molar refractivity (Wildman–Crippen MR) is 56.1 cm³/mol. The van der Waals surface area contributed by atoms with E-state index in [1.807, 2.05) is 12.1 Å². The van der Waals surface area contributed by atoms with Crippen LogP contribution in [0.2, 0.25) is 0 Å². The third kappa shape index (κ3) is 1.94. The summed E-state index contributed by atoms with van der Waals surface area (Å²) in [6.45, 7) is 0. The molecule has 15 heavy (non-hydrogen) atoms. The Hall–Kier alpha value is -2.34. The molecule has 0 amide bonds. The van der Waals surface area contributed by atoms with Crippen molar-refractivity contribution in [2.24, 2.45) is 0 Å². The second-order valence-corrected chi connectivity index (χ2v) is 3.07. The van der Waals surface area contributed by atoms with Crippen LogP contribution in [0.5, 0.6) is 5.75 Å². The summed E-state index contributed by atoms with van der Waals surface area (Å²) in [5.41, 5.74) is 2.00. The van der Waals surface area contributed by atoms with E-state index in [1.165, 1.54) is 0 Å². The number of aromatic hydroxyl groups is 1. The van der Waals surface area contributed by atoms with Gasteiger partial charge in [-0.3, -0.25) is 0 Å². The molecular formula is C12H8N2O. The summed E-state index contributed by atoms with van der Waals surface area (Å²) in [6.07, 6.45) is 0. The minimum absolute atomic E-state index is 0.218. The first-order valence-electron chi connectivity index (χ1n) is 4.46. The molecule has 3 nitrogen and oxygen atoms in total. The molecule has 3 heteroatoms. The van der Waals surface area contributed by atoms with E-state index in [0.717, 1.165) is 11.3 Å². The zero-order valence-corrected chi connectivity index (χ0v) is 7.88. The quantitative estimate of drug-likeness (QED) is 0.761. The Labute approximate surface area is 87.3 Å². The van der Waals surface area contributed by atoms with Crippen LogP contribution in [0.25, 0.3) is 11.3 Å². The van der Waals surface area contributed by atoms with Crippen molar-refractivity contribution < 1.29 is 5.11 Å². The van der Waals surface area contributed by atoms with Gasteiger partial charge in [0.2, 0.25) is 0 Å². The Morgan fingerprint density at radius 2 is 1.80 bits per heavy atom. The lowest BCUT2D eigenvalue weighted by molar-refractivity contribution is 0.475. The van der Waals surface area contributed by atoms with E-state index in [0.29, 0.717) is 5.69 Å². The lowest BCUT2D eigenvalue weighted by Gasteiger charge is -2.00. The summed E-state index contributed by atoms with van der Waals surface area (Å²) in [5.74, 6) is 0.218. The Bertz CT molecular complexity index is 512. The normalized spacial score (nSPS) is 9.53. The van der Waals surface area contributed by atoms with Gasteiger partial charge in [0, 0.05) is 5.56 Å². The van der Waals surface area contributed by atoms with Crippen molar-refractivity contribution in [3.63, 3.8) is 0 Å². The van der Waals surface area contributed by atoms with Crippen molar-refractivity contribution in [1.82, 2.24) is 4.98 Å². The molecule has 0 atom stereocenters. The van der Waals surface area contributed by atoms with Crippen molar-refractivity contribution >= 4 is 0 Å². The zero-order valence-electron chi connectivity index (χ0n) is 7.88. The topological polar surface area (TPSA) is 56.9 Å². The van der Waals surface area contributed by atoms with Gasteiger partial charge in [0.1, 0.15) is 17.5 Å². The van der Waals surface area contributed by atoms with E-state index in [-0.39, 0.29) is 5.75 Å². The second kappa shape index (κ2) is 3.81. The Balaban J connectivity index is 2.46. The molecule has 0 radical (unpaired) electrons. The second-order valence-electron chi connectivity index (χ2n) is 3.07. The molecule has 0 aliphatic carbocycles. The highest BCUT2D eigenvalue weighted by Gasteiger charge is 2.00. The monoisotopic (exact) mass is 196 g/mol. The molecule has 0 fully saturated rings. The summed E-state index contributed by atoms with van der Waals surface area (Å²) < 4.78 is 0. The van der Waals surface area contributed by atoms with Gasteiger partial charge in [-0.05, 0) is 36.4 Å². The number of hydrogen-bond donors (Lipinski definition) is 1. The van der Waals surface area contributed by atoms with Gasteiger partial charge in [-0.15, -0.1) is 0 Å². The molecule has 1 heterocycles. The van der Waals surface area contributed by atoms with Gasteiger partial charge < -0.3 is 5.11 Å². The van der Waals surface area contributed by atoms with E-state index in [4.69, 9.17) is 10.4 Å². The smallest absolute Gasteiger partial charge is 0.141 e. The fraction of sp³-hybridized carbons (Fsp3) is 0. The molecule has 0 bridgehead atoms. The molecule has 1 N–H and O–H groups in total. The number of phenols is 1. The number of nitrogens with zero attached hydrogens (tertiary/aromatic N) is 2. The molecule has 72 valence electrons. The molecular weight excluding hydrogens is 188 g/mol. The first kappa shape index (κ1) is 9.22. The van der Waals surface area contributed by atoms with Gasteiger partial charge in [0.05, 0.1) is 5.69 Å². The van der Waals surface area contributed by atoms with Crippen LogP contribution in [0.1, 0.15) is 5.69 Å². The number of nitriles is 1. The van der Waals surface area contributed by atoms with Crippen LogP contribution in [-0.2, 0) is 0 Å². The van der Waals surface area contributed by atoms with Gasteiger partial charge in [-0.25, -0.2) is 4.98 Å². The van der Waals surface area contributed by atoms with Crippen LogP contribution in [0.3, 0.4) is 0 Å². The first-order valence-corrected chi connectivity index (χ1v) is 4.46. The molecule has 0 aliphatic heterocycles. The molecule has 1 aromatic carbocycles. The van der Waals surface area contributed by atoms with E-state index in [1.54, 1.807) is 36.4 Å². The summed E-state index contributed by atoms with van der Waals surface area (Å²) in [5, 5.41) is 17.8. The highest BCUT2D eigenvalue weighted by atomic mass is 16.3. The highest BCUT2D eigenvalue weighted by Crippen LogP contribution is 2.19. The molecule has 1 aromatic heterocycles. The number of hydrogen-bond acceptors (Lipinski definition) is 3. The van der Waals surface area contributed by atoms with Gasteiger partial charge in [0.25, 0.3) is 0 Å². The van der Waals surface area contributed by atoms with Crippen molar-refractivity contribution in [3.05, 3.63) is 48.2 Å². The molecule has 0 saturated heterocycles. The minimum atomic E-state index is 0.218. The van der Waals surface area contributed by atoms with Gasteiger partial charge in [0.15, 0.2) is 0 Å². The standard InChI is InChI=1S/C12H8N2O/c13-8-10-2-1-3-12(14-10)9-4-6-11(15)7-5-9/h1-7,15H. The molecule has 0 unspecified atom stereocenters. The average molecular weight is 196 g/mol. The number of phenolic OH excluding ortho intramolecular Hbond substituents is 1. The van der Waals surface area contributed by atoms with Gasteiger partial charge in [-0.2, -0.15) is 5.26 Å². The minimum Gasteiger partial charge on any atom is -0.508 e. The van der Waals surface area contributed by atoms with Crippen LogP contribution in [0.4, 0.5) is 0 Å². The molecule has 0 spiro atoms. The maximum atomic E-state index is 9.13. The van der Waals surface area contributed by atoms with Gasteiger partial charge in [-0.1, -0.05) is 6.07 Å². The molecule has 2 aromatic rings. The van der Waals surface area contributed by atoms with E-state index in [2.05, 4.69) is 4.98 Å². The van der Waals surface area contributed by atoms with Crippen LogP contribution in [0.15, 0.2) is 42.5 Å². The van der Waals surface area contributed by atoms with Crippen LogP contribution >= 0.6 is 0 Å². The number of aromatic nitrogens is 1. The fourth-order valence-corrected chi connectivity index (χ4v) is 1.29. The third-order valence-electron chi connectivity index (χ3n) is 2.03. The summed E-state index contributed by atoms with van der Waals surface area (Å²) >= 11 is 0. The maximum absolute atomic E-state index is 9.13. The van der Waals surface area contributed by atoms with Gasteiger partial charge >= 0.3 is 0 Å². The summed E-state index contributed by atoms with van der Waals surface area (Å²) in [4.78, 5) is 4.15. The van der Waals surface area contributed by atoms with E-state index < -0.39 is 0 Å². The van der Waals surface area contributed by atoms with Crippen molar-refractivity contribution in [1.29, 1.82) is 5.26 Å². The third-order valence-corrected chi connectivity index (χ3v) is 2.03. The molecule has 2 rings (SSSR count). The zero-order chi connectivity index (χ0) is 10.7. The van der Waals surface area contributed by atoms with Crippen molar-refractivity contribution in [2.75, 3.05) is 0 Å². The summed E-state index contributed by atoms with van der Waals surface area (Å²) in [7, 11) is 0. The largest absolute Gasteiger partial charge is 0.508 e. The number of rotatable bonds is 1. The summed E-state index contributed by atoms with van der Waals surface area (Å²) in [6, 6.07) is 14.0. The average Bonchev–Trinajstić information content (AvgIpc) is 2.30. The number of pyridine rings is 1. The maximum Gasteiger partial charge on any atom is 0.141 e. The van der Waals surface area contributed by atoms with E-state index in [9.17, 15) is 0 Å². The first-order chi connectivity index (χ1) is 7.29. The van der Waals surface area contributed by atoms with Crippen molar-refractivity contribution in [3.8, 4) is 23.1 Å². The molecule has 0 aliphatic rings. The molecule has 0 saturated carbocycles. The predicted octanol–water partition coefficient (Wildman–Crippen LogP) is 2.33. The Morgan fingerprint density at radius 1 is 1.07 bits per heavy atom. The highest BCUT2D eigenvalue weighted by molar-refractivity contribution is 5.60. The fourth-order valence-electron chi connectivity index (χ4n) is 1.29. The Morgan fingerprint density at radius 3 is 2.47 bits per heavy atom. The van der Waals surface area contributed by atoms with Crippen LogP contribution < -0.4 is 0 Å². The van der Waals surface area contributed by atoms with E-state index >= 15 is 0 Å². The van der Waals surface area contributed by atoms with Crippen LogP contribution in [-0.4, -0.2) is 10.1 Å². The number of benzene rings is 1. The lowest BCUT2D eigenvalue weighted by Crippen LogP contribution is -1.86. The Kier molecular flexibility index (Phi) is 2.34. The van der Waals surface area contributed by atoms with Crippen molar-refractivity contribution in [2.45, 2.75) is 0 Å². The van der Waals surface area contributed by atoms with Crippen LogP contribution in [0, 0.1) is 11.3 Å². The SMILES string of the molecule is N#Cc1cccc(-c2ccc(O)cc2)n1.